The molecule has 0 fully saturated rings. The van der Waals surface area contributed by atoms with Gasteiger partial charge in [-0.1, -0.05) is 5.16 Å². The minimum absolute atomic E-state index is 0.219. The van der Waals surface area contributed by atoms with Crippen molar-refractivity contribution in [2.45, 2.75) is 19.4 Å². The van der Waals surface area contributed by atoms with E-state index < -0.39 is 11.4 Å². The first-order valence-electron chi connectivity index (χ1n) is 3.34. The van der Waals surface area contributed by atoms with E-state index in [2.05, 4.69) is 14.7 Å². The summed E-state index contributed by atoms with van der Waals surface area (Å²) in [6.07, 6.45) is 0. The predicted octanol–water partition coefficient (Wildman–Crippen LogP) is -0.638. The van der Waals surface area contributed by atoms with Crippen molar-refractivity contribution in [1.29, 1.82) is 0 Å². The Bertz CT molecular complexity index is 299. The van der Waals surface area contributed by atoms with Gasteiger partial charge in [0, 0.05) is 0 Å². The second-order valence-corrected chi connectivity index (χ2v) is 3.01. The van der Waals surface area contributed by atoms with Crippen molar-refractivity contribution in [1.82, 2.24) is 10.1 Å². The molecule has 6 heteroatoms. The molecule has 6 nitrogen and oxygen atoms in total. The first-order valence-corrected chi connectivity index (χ1v) is 3.34. The number of nitrogens with two attached hydrogens (primary N) is 2. The van der Waals surface area contributed by atoms with Gasteiger partial charge in [0.15, 0.2) is 5.82 Å². The SMILES string of the molecule is CC(C)(N)c1noc(C(N)=O)n1. The predicted molar refractivity (Wildman–Crippen MR) is 40.0 cm³/mol. The zero-order valence-electron chi connectivity index (χ0n) is 6.87. The topological polar surface area (TPSA) is 108 Å². The fraction of sp³-hybridized carbons (Fsp3) is 0.500. The molecule has 1 aromatic rings. The molecule has 1 amide bonds. The van der Waals surface area contributed by atoms with Crippen molar-refractivity contribution >= 4 is 5.91 Å². The number of primary amides is 1. The number of nitrogens with zero attached hydrogens (tertiary/aromatic N) is 2. The van der Waals surface area contributed by atoms with E-state index in [1.165, 1.54) is 0 Å². The number of rotatable bonds is 2. The fourth-order valence-electron chi connectivity index (χ4n) is 0.585. The summed E-state index contributed by atoms with van der Waals surface area (Å²) in [5.41, 5.74) is 9.80. The molecule has 0 spiro atoms. The summed E-state index contributed by atoms with van der Waals surface area (Å²) < 4.78 is 4.54. The monoisotopic (exact) mass is 170 g/mol. The van der Waals surface area contributed by atoms with Crippen LogP contribution < -0.4 is 11.5 Å². The second kappa shape index (κ2) is 2.56. The Morgan fingerprint density at radius 2 is 2.17 bits per heavy atom. The fourth-order valence-corrected chi connectivity index (χ4v) is 0.585. The highest BCUT2D eigenvalue weighted by Crippen LogP contribution is 2.11. The summed E-state index contributed by atoms with van der Waals surface area (Å²) in [5.74, 6) is -0.710. The molecule has 0 aliphatic rings. The Morgan fingerprint density at radius 3 is 2.42 bits per heavy atom. The van der Waals surface area contributed by atoms with Crippen molar-refractivity contribution in [3.8, 4) is 0 Å². The lowest BCUT2D eigenvalue weighted by Gasteiger charge is -2.11. The quantitative estimate of drug-likeness (QED) is 0.613. The third-order valence-electron chi connectivity index (χ3n) is 1.21. The largest absolute Gasteiger partial charge is 0.361 e. The zero-order valence-corrected chi connectivity index (χ0v) is 6.87. The third-order valence-corrected chi connectivity index (χ3v) is 1.21. The molecule has 0 aromatic carbocycles. The number of hydrogen-bond donors (Lipinski definition) is 2. The molecule has 12 heavy (non-hydrogen) atoms. The summed E-state index contributed by atoms with van der Waals surface area (Å²) in [5, 5.41) is 3.50. The number of hydrogen-bond acceptors (Lipinski definition) is 5. The number of aromatic nitrogens is 2. The Hall–Kier alpha value is -1.43. The third kappa shape index (κ3) is 1.59. The smallest absolute Gasteiger partial charge is 0.315 e. The second-order valence-electron chi connectivity index (χ2n) is 3.01. The van der Waals surface area contributed by atoms with Crippen LogP contribution >= 0.6 is 0 Å². The molecular formula is C6H10N4O2. The molecule has 0 saturated carbocycles. The van der Waals surface area contributed by atoms with Crippen LogP contribution in [0.2, 0.25) is 0 Å². The van der Waals surface area contributed by atoms with E-state index >= 15 is 0 Å². The van der Waals surface area contributed by atoms with Gasteiger partial charge in [0.25, 0.3) is 0 Å². The molecule has 4 N–H and O–H groups in total. The highest BCUT2D eigenvalue weighted by atomic mass is 16.5. The van der Waals surface area contributed by atoms with Gasteiger partial charge in [0.2, 0.25) is 0 Å². The molecule has 0 bridgehead atoms. The van der Waals surface area contributed by atoms with Gasteiger partial charge < -0.3 is 16.0 Å². The van der Waals surface area contributed by atoms with Gasteiger partial charge in [-0.25, -0.2) is 0 Å². The van der Waals surface area contributed by atoms with Crippen molar-refractivity contribution in [3.63, 3.8) is 0 Å². The van der Waals surface area contributed by atoms with E-state index in [-0.39, 0.29) is 11.7 Å². The molecule has 0 saturated heterocycles. The van der Waals surface area contributed by atoms with Crippen LogP contribution in [0.5, 0.6) is 0 Å². The van der Waals surface area contributed by atoms with E-state index in [1.807, 2.05) is 0 Å². The molecule has 0 aliphatic heterocycles. The maximum Gasteiger partial charge on any atom is 0.315 e. The summed E-state index contributed by atoms with van der Waals surface area (Å²) >= 11 is 0. The normalized spacial score (nSPS) is 11.6. The molecule has 1 heterocycles. The summed E-state index contributed by atoms with van der Waals surface area (Å²) in [4.78, 5) is 14.2. The number of carbonyl (C=O) groups excluding carboxylic acids is 1. The summed E-state index contributed by atoms with van der Waals surface area (Å²) in [6, 6.07) is 0. The minimum atomic E-state index is -0.752. The molecule has 0 unspecified atom stereocenters. The molecule has 1 rings (SSSR count). The van der Waals surface area contributed by atoms with E-state index in [1.54, 1.807) is 13.8 Å². The first-order chi connectivity index (χ1) is 5.41. The van der Waals surface area contributed by atoms with Gasteiger partial charge in [-0.3, -0.25) is 4.79 Å². The lowest BCUT2D eigenvalue weighted by Crippen LogP contribution is -2.30. The molecular weight excluding hydrogens is 160 g/mol. The summed E-state index contributed by atoms with van der Waals surface area (Å²) in [7, 11) is 0. The van der Waals surface area contributed by atoms with E-state index in [0.717, 1.165) is 0 Å². The van der Waals surface area contributed by atoms with Gasteiger partial charge in [-0.05, 0) is 13.8 Å². The Labute approximate surface area is 68.9 Å². The van der Waals surface area contributed by atoms with Crippen LogP contribution in [0.25, 0.3) is 0 Å². The average Bonchev–Trinajstić information content (AvgIpc) is 2.30. The van der Waals surface area contributed by atoms with Gasteiger partial charge in [-0.2, -0.15) is 4.98 Å². The minimum Gasteiger partial charge on any atom is -0.361 e. The maximum absolute atomic E-state index is 10.5. The standard InChI is InChI=1S/C6H10N4O2/c1-6(2,8)5-9-4(3(7)11)12-10-5/h8H2,1-2H3,(H2,7,11). The Kier molecular flexibility index (Phi) is 1.85. The molecule has 66 valence electrons. The zero-order chi connectivity index (χ0) is 9.35. The van der Waals surface area contributed by atoms with Gasteiger partial charge >= 0.3 is 11.8 Å². The van der Waals surface area contributed by atoms with E-state index in [0.29, 0.717) is 0 Å². The Balaban J connectivity index is 3.00. The van der Waals surface area contributed by atoms with Crippen LogP contribution in [-0.4, -0.2) is 16.0 Å². The molecule has 0 radical (unpaired) electrons. The van der Waals surface area contributed by atoms with Crippen LogP contribution in [0.15, 0.2) is 4.52 Å². The maximum atomic E-state index is 10.5. The Morgan fingerprint density at radius 1 is 1.58 bits per heavy atom. The number of amides is 1. The van der Waals surface area contributed by atoms with Crippen LogP contribution in [-0.2, 0) is 5.54 Å². The van der Waals surface area contributed by atoms with Crippen molar-refractivity contribution in [2.24, 2.45) is 11.5 Å². The molecule has 0 aliphatic carbocycles. The highest BCUT2D eigenvalue weighted by molar-refractivity contribution is 5.87. The van der Waals surface area contributed by atoms with Crippen molar-refractivity contribution in [3.05, 3.63) is 11.7 Å². The lowest BCUT2D eigenvalue weighted by atomic mass is 10.1. The van der Waals surface area contributed by atoms with Crippen LogP contribution in [0.3, 0.4) is 0 Å². The van der Waals surface area contributed by atoms with Crippen LogP contribution in [0.4, 0.5) is 0 Å². The number of carbonyl (C=O) groups is 1. The molecule has 1 aromatic heterocycles. The van der Waals surface area contributed by atoms with Gasteiger partial charge in [0.05, 0.1) is 5.54 Å². The van der Waals surface area contributed by atoms with E-state index in [9.17, 15) is 4.79 Å². The van der Waals surface area contributed by atoms with Crippen molar-refractivity contribution in [2.75, 3.05) is 0 Å². The van der Waals surface area contributed by atoms with Crippen LogP contribution in [0, 0.1) is 0 Å². The summed E-state index contributed by atoms with van der Waals surface area (Å²) in [6.45, 7) is 3.39. The van der Waals surface area contributed by atoms with Crippen molar-refractivity contribution < 1.29 is 9.32 Å². The van der Waals surface area contributed by atoms with E-state index in [4.69, 9.17) is 11.5 Å². The first kappa shape index (κ1) is 8.66. The van der Waals surface area contributed by atoms with Crippen LogP contribution in [0.1, 0.15) is 30.4 Å². The average molecular weight is 170 g/mol. The highest BCUT2D eigenvalue weighted by Gasteiger charge is 2.22. The van der Waals surface area contributed by atoms with Gasteiger partial charge in [0.1, 0.15) is 0 Å². The lowest BCUT2D eigenvalue weighted by molar-refractivity contribution is 0.0958. The molecule has 0 atom stereocenters. The van der Waals surface area contributed by atoms with Gasteiger partial charge in [-0.15, -0.1) is 0 Å².